The smallest absolute Gasteiger partial charge is 0.0485 e. The second kappa shape index (κ2) is 3.08. The SMILES string of the molecule is [SiH2]c1ccc2ccc3cccc4ccc1c2c34. The Morgan fingerprint density at radius 1 is 0.588 bits per heavy atom. The van der Waals surface area contributed by atoms with E-state index in [-0.39, 0.29) is 0 Å². The molecule has 17 heavy (non-hydrogen) atoms. The van der Waals surface area contributed by atoms with Crippen LogP contribution in [-0.2, 0) is 0 Å². The van der Waals surface area contributed by atoms with E-state index >= 15 is 0 Å². The summed E-state index contributed by atoms with van der Waals surface area (Å²) in [6, 6.07) is 19.9. The molecule has 4 aromatic rings. The van der Waals surface area contributed by atoms with Gasteiger partial charge in [0.2, 0.25) is 0 Å². The lowest BCUT2D eigenvalue weighted by Gasteiger charge is -2.11. The molecule has 0 amide bonds. The Morgan fingerprint density at radius 3 is 1.94 bits per heavy atom. The summed E-state index contributed by atoms with van der Waals surface area (Å²) in [7, 11) is 1.97. The van der Waals surface area contributed by atoms with Crippen LogP contribution in [0.1, 0.15) is 0 Å². The molecule has 4 rings (SSSR count). The number of hydrogen-bond acceptors (Lipinski definition) is 0. The Balaban J connectivity index is 2.48. The van der Waals surface area contributed by atoms with E-state index in [0.717, 1.165) is 0 Å². The largest absolute Gasteiger partial charge is 0.0627 e. The maximum atomic E-state index is 2.26. The third-order valence-corrected chi connectivity index (χ3v) is 4.24. The highest BCUT2D eigenvalue weighted by atomic mass is 28.1. The van der Waals surface area contributed by atoms with Crippen molar-refractivity contribution in [3.05, 3.63) is 54.6 Å². The Hall–Kier alpha value is -1.86. The summed E-state index contributed by atoms with van der Waals surface area (Å²) >= 11 is 0. The van der Waals surface area contributed by atoms with Crippen molar-refractivity contribution in [1.29, 1.82) is 0 Å². The fourth-order valence-electron chi connectivity index (χ4n) is 2.80. The topological polar surface area (TPSA) is 0 Å². The zero-order valence-corrected chi connectivity index (χ0v) is 10.8. The summed E-state index contributed by atoms with van der Waals surface area (Å²) in [6.07, 6.45) is 0. The standard InChI is InChI=1S/C16H11Si/c17-14-9-7-12-5-4-10-2-1-3-11-6-8-13(14)16(12)15(10)11/h1-9H,17H2. The van der Waals surface area contributed by atoms with Crippen molar-refractivity contribution in [2.24, 2.45) is 0 Å². The highest BCUT2D eigenvalue weighted by Gasteiger charge is 2.08. The van der Waals surface area contributed by atoms with Gasteiger partial charge in [0.15, 0.2) is 0 Å². The van der Waals surface area contributed by atoms with Gasteiger partial charge in [-0.25, -0.2) is 0 Å². The molecule has 0 bridgehead atoms. The molecule has 0 fully saturated rings. The highest BCUT2D eigenvalue weighted by molar-refractivity contribution is 6.42. The summed E-state index contributed by atoms with van der Waals surface area (Å²) in [4.78, 5) is 0. The average Bonchev–Trinajstić information content (AvgIpc) is 2.38. The minimum atomic E-state index is 1.34. The summed E-state index contributed by atoms with van der Waals surface area (Å²) in [5.41, 5.74) is 0. The molecule has 4 aromatic carbocycles. The van der Waals surface area contributed by atoms with Crippen LogP contribution < -0.4 is 5.19 Å². The van der Waals surface area contributed by atoms with E-state index in [9.17, 15) is 0 Å². The van der Waals surface area contributed by atoms with Crippen LogP contribution >= 0.6 is 0 Å². The van der Waals surface area contributed by atoms with Gasteiger partial charge in [-0.1, -0.05) is 59.8 Å². The molecular weight excluding hydrogens is 220 g/mol. The molecule has 0 saturated heterocycles. The van der Waals surface area contributed by atoms with E-state index < -0.39 is 0 Å². The fourth-order valence-corrected chi connectivity index (χ4v) is 3.21. The molecule has 0 spiro atoms. The van der Waals surface area contributed by atoms with Crippen LogP contribution in [0.25, 0.3) is 32.3 Å². The Kier molecular flexibility index (Phi) is 1.67. The number of benzene rings is 4. The minimum absolute atomic E-state index is 1.34. The molecule has 0 unspecified atom stereocenters. The van der Waals surface area contributed by atoms with Crippen molar-refractivity contribution in [2.75, 3.05) is 0 Å². The molecule has 0 saturated carbocycles. The van der Waals surface area contributed by atoms with Gasteiger partial charge in [0.05, 0.1) is 0 Å². The normalized spacial score (nSPS) is 11.8. The molecular formula is C16H11Si. The van der Waals surface area contributed by atoms with E-state index in [0.29, 0.717) is 0 Å². The summed E-state index contributed by atoms with van der Waals surface area (Å²) in [5, 5.41) is 9.65. The van der Waals surface area contributed by atoms with Crippen LogP contribution in [0.4, 0.5) is 0 Å². The minimum Gasteiger partial charge on any atom is -0.0627 e. The van der Waals surface area contributed by atoms with Gasteiger partial charge in [0.25, 0.3) is 0 Å². The molecule has 0 aliphatic heterocycles. The van der Waals surface area contributed by atoms with Crippen molar-refractivity contribution in [1.82, 2.24) is 0 Å². The second-order valence-electron chi connectivity index (χ2n) is 4.58. The zero-order valence-electron chi connectivity index (χ0n) is 9.40. The molecule has 0 atom stereocenters. The van der Waals surface area contributed by atoms with Gasteiger partial charge >= 0.3 is 0 Å². The van der Waals surface area contributed by atoms with Gasteiger partial charge in [-0.2, -0.15) is 0 Å². The molecule has 1 heteroatoms. The van der Waals surface area contributed by atoms with E-state index in [1.54, 1.807) is 0 Å². The average molecular weight is 231 g/mol. The maximum Gasteiger partial charge on any atom is 0.0485 e. The quantitative estimate of drug-likeness (QED) is 0.322. The van der Waals surface area contributed by atoms with Crippen LogP contribution in [0.5, 0.6) is 0 Å². The van der Waals surface area contributed by atoms with Gasteiger partial charge in [-0.15, -0.1) is 0 Å². The molecule has 0 heterocycles. The van der Waals surface area contributed by atoms with Crippen LogP contribution in [0.15, 0.2) is 54.6 Å². The summed E-state index contributed by atoms with van der Waals surface area (Å²) < 4.78 is 0. The van der Waals surface area contributed by atoms with Crippen LogP contribution in [-0.4, -0.2) is 10.2 Å². The predicted molar refractivity (Wildman–Crippen MR) is 78.3 cm³/mol. The molecule has 0 N–H and O–H groups in total. The van der Waals surface area contributed by atoms with Crippen molar-refractivity contribution < 1.29 is 0 Å². The predicted octanol–water partition coefficient (Wildman–Crippen LogP) is 2.84. The Morgan fingerprint density at radius 2 is 1.18 bits per heavy atom. The molecule has 79 valence electrons. The van der Waals surface area contributed by atoms with Gasteiger partial charge in [-0.05, 0) is 32.3 Å². The molecule has 0 aliphatic rings. The molecule has 0 nitrogen and oxygen atoms in total. The molecule has 0 aromatic heterocycles. The first-order chi connectivity index (χ1) is 8.34. The third-order valence-electron chi connectivity index (χ3n) is 3.62. The molecule has 0 aliphatic carbocycles. The van der Waals surface area contributed by atoms with Crippen LogP contribution in [0, 0.1) is 0 Å². The Bertz CT molecular complexity index is 830. The van der Waals surface area contributed by atoms with E-state index in [1.165, 1.54) is 37.5 Å². The first-order valence-electron chi connectivity index (χ1n) is 5.83. The van der Waals surface area contributed by atoms with Crippen molar-refractivity contribution in [2.45, 2.75) is 0 Å². The Labute approximate surface area is 103 Å². The first kappa shape index (κ1) is 9.20. The van der Waals surface area contributed by atoms with Gasteiger partial charge in [-0.3, -0.25) is 0 Å². The first-order valence-corrected chi connectivity index (χ1v) is 6.54. The fraction of sp³-hybridized carbons (Fsp3) is 0. The third kappa shape index (κ3) is 1.12. The van der Waals surface area contributed by atoms with E-state index in [2.05, 4.69) is 54.6 Å². The van der Waals surface area contributed by atoms with Crippen molar-refractivity contribution >= 4 is 47.7 Å². The lowest BCUT2D eigenvalue weighted by Crippen LogP contribution is -2.03. The lowest BCUT2D eigenvalue weighted by molar-refractivity contribution is 1.80. The zero-order chi connectivity index (χ0) is 11.4. The molecule has 1 radical (unpaired) electrons. The van der Waals surface area contributed by atoms with Gasteiger partial charge in [0.1, 0.15) is 0 Å². The van der Waals surface area contributed by atoms with Gasteiger partial charge in [0, 0.05) is 10.2 Å². The summed E-state index contributed by atoms with van der Waals surface area (Å²) in [6.45, 7) is 0. The van der Waals surface area contributed by atoms with E-state index in [1.807, 2.05) is 10.2 Å². The number of rotatable bonds is 0. The van der Waals surface area contributed by atoms with Crippen LogP contribution in [0.2, 0.25) is 0 Å². The maximum absolute atomic E-state index is 2.26. The number of hydrogen-bond donors (Lipinski definition) is 0. The lowest BCUT2D eigenvalue weighted by atomic mass is 9.94. The van der Waals surface area contributed by atoms with Gasteiger partial charge < -0.3 is 0 Å². The monoisotopic (exact) mass is 231 g/mol. The summed E-state index contributed by atoms with van der Waals surface area (Å²) in [5.74, 6) is 0. The van der Waals surface area contributed by atoms with Crippen molar-refractivity contribution in [3.63, 3.8) is 0 Å². The highest BCUT2D eigenvalue weighted by Crippen LogP contribution is 2.33. The van der Waals surface area contributed by atoms with Crippen molar-refractivity contribution in [3.8, 4) is 0 Å². The van der Waals surface area contributed by atoms with Crippen LogP contribution in [0.3, 0.4) is 0 Å². The van der Waals surface area contributed by atoms with E-state index in [4.69, 9.17) is 0 Å². The second-order valence-corrected chi connectivity index (χ2v) is 5.34.